The van der Waals surface area contributed by atoms with Crippen LogP contribution in [0.2, 0.25) is 0 Å². The lowest BCUT2D eigenvalue weighted by atomic mass is 10.1. The van der Waals surface area contributed by atoms with Crippen LogP contribution in [0, 0.1) is 0 Å². The molecule has 2 rings (SSSR count). The second-order valence-electron chi connectivity index (χ2n) is 4.22. The second-order valence-corrected chi connectivity index (χ2v) is 5.14. The second kappa shape index (κ2) is 7.22. The Morgan fingerprint density at radius 2 is 1.84 bits per heavy atom. The molecule has 98 valence electrons. The summed E-state index contributed by atoms with van der Waals surface area (Å²) < 4.78 is 6.56. The fourth-order valence-corrected chi connectivity index (χ4v) is 2.20. The SMILES string of the molecule is O=C(CCOCc1cccc(Br)c1)c1ccccc1. The summed E-state index contributed by atoms with van der Waals surface area (Å²) in [5.41, 5.74) is 1.84. The van der Waals surface area contributed by atoms with Gasteiger partial charge in [0.15, 0.2) is 5.78 Å². The predicted molar refractivity (Wildman–Crippen MR) is 79.2 cm³/mol. The highest BCUT2D eigenvalue weighted by atomic mass is 79.9. The van der Waals surface area contributed by atoms with E-state index in [4.69, 9.17) is 4.74 Å². The van der Waals surface area contributed by atoms with Gasteiger partial charge in [-0.3, -0.25) is 4.79 Å². The van der Waals surface area contributed by atoms with Crippen LogP contribution in [-0.2, 0) is 11.3 Å². The minimum absolute atomic E-state index is 0.120. The van der Waals surface area contributed by atoms with Crippen molar-refractivity contribution in [3.05, 3.63) is 70.2 Å². The van der Waals surface area contributed by atoms with E-state index in [1.807, 2.05) is 54.6 Å². The van der Waals surface area contributed by atoms with Crippen molar-refractivity contribution in [1.82, 2.24) is 0 Å². The van der Waals surface area contributed by atoms with Gasteiger partial charge in [0.2, 0.25) is 0 Å². The quantitative estimate of drug-likeness (QED) is 0.588. The first-order chi connectivity index (χ1) is 9.25. The van der Waals surface area contributed by atoms with E-state index in [0.717, 1.165) is 15.6 Å². The molecule has 0 aliphatic rings. The first kappa shape index (κ1) is 14.0. The number of halogens is 1. The monoisotopic (exact) mass is 318 g/mol. The summed E-state index contributed by atoms with van der Waals surface area (Å²) in [6.45, 7) is 0.974. The number of hydrogen-bond acceptors (Lipinski definition) is 2. The molecule has 0 amide bonds. The highest BCUT2D eigenvalue weighted by Gasteiger charge is 2.04. The topological polar surface area (TPSA) is 26.3 Å². The average Bonchev–Trinajstić information content (AvgIpc) is 2.44. The number of ether oxygens (including phenoxy) is 1. The van der Waals surface area contributed by atoms with E-state index in [-0.39, 0.29) is 5.78 Å². The van der Waals surface area contributed by atoms with Crippen LogP contribution >= 0.6 is 15.9 Å². The van der Waals surface area contributed by atoms with Gasteiger partial charge in [-0.1, -0.05) is 58.4 Å². The Morgan fingerprint density at radius 1 is 1.05 bits per heavy atom. The first-order valence-corrected chi connectivity index (χ1v) is 6.95. The van der Waals surface area contributed by atoms with Gasteiger partial charge >= 0.3 is 0 Å². The highest BCUT2D eigenvalue weighted by molar-refractivity contribution is 9.10. The minimum atomic E-state index is 0.120. The Hall–Kier alpha value is -1.45. The van der Waals surface area contributed by atoms with Crippen LogP contribution < -0.4 is 0 Å². The molecule has 2 aromatic rings. The molecule has 0 N–H and O–H groups in total. The van der Waals surface area contributed by atoms with Crippen molar-refractivity contribution in [2.75, 3.05) is 6.61 Å². The molecule has 0 heterocycles. The molecule has 0 aliphatic carbocycles. The molecule has 19 heavy (non-hydrogen) atoms. The summed E-state index contributed by atoms with van der Waals surface area (Å²) in [5.74, 6) is 0.120. The van der Waals surface area contributed by atoms with Crippen LogP contribution in [0.4, 0.5) is 0 Å². The predicted octanol–water partition coefficient (Wildman–Crippen LogP) is 4.24. The third kappa shape index (κ3) is 4.62. The Kier molecular flexibility index (Phi) is 5.31. The van der Waals surface area contributed by atoms with Gasteiger partial charge in [0.05, 0.1) is 13.2 Å². The van der Waals surface area contributed by atoms with E-state index in [1.54, 1.807) is 0 Å². The van der Waals surface area contributed by atoms with E-state index in [1.165, 1.54) is 0 Å². The van der Waals surface area contributed by atoms with Gasteiger partial charge < -0.3 is 4.74 Å². The third-order valence-corrected chi connectivity index (χ3v) is 3.22. The molecule has 2 aromatic carbocycles. The summed E-state index contributed by atoms with van der Waals surface area (Å²) in [6.07, 6.45) is 0.415. The van der Waals surface area contributed by atoms with Gasteiger partial charge in [0, 0.05) is 16.5 Å². The van der Waals surface area contributed by atoms with Crippen molar-refractivity contribution in [2.24, 2.45) is 0 Å². The Labute approximate surface area is 121 Å². The maximum atomic E-state index is 11.8. The fraction of sp³-hybridized carbons (Fsp3) is 0.188. The van der Waals surface area contributed by atoms with Crippen molar-refractivity contribution >= 4 is 21.7 Å². The van der Waals surface area contributed by atoms with E-state index in [0.29, 0.717) is 19.6 Å². The third-order valence-electron chi connectivity index (χ3n) is 2.73. The molecule has 0 saturated heterocycles. The molecule has 0 saturated carbocycles. The average molecular weight is 319 g/mol. The lowest BCUT2D eigenvalue weighted by Gasteiger charge is -2.04. The number of ketones is 1. The maximum absolute atomic E-state index is 11.8. The molecule has 0 unspecified atom stereocenters. The maximum Gasteiger partial charge on any atom is 0.165 e. The van der Waals surface area contributed by atoms with Gasteiger partial charge in [-0.15, -0.1) is 0 Å². The molecular formula is C16H15BrO2. The van der Waals surface area contributed by atoms with Crippen LogP contribution in [0.3, 0.4) is 0 Å². The van der Waals surface area contributed by atoms with E-state index < -0.39 is 0 Å². The zero-order chi connectivity index (χ0) is 13.5. The Bertz CT molecular complexity index is 537. The van der Waals surface area contributed by atoms with Crippen molar-refractivity contribution in [3.8, 4) is 0 Å². The zero-order valence-corrected chi connectivity index (χ0v) is 12.1. The normalized spacial score (nSPS) is 10.4. The van der Waals surface area contributed by atoms with Crippen molar-refractivity contribution in [1.29, 1.82) is 0 Å². The molecule has 0 spiro atoms. The lowest BCUT2D eigenvalue weighted by molar-refractivity contribution is 0.0848. The van der Waals surface area contributed by atoms with Crippen LogP contribution in [-0.4, -0.2) is 12.4 Å². The molecule has 3 heteroatoms. The van der Waals surface area contributed by atoms with E-state index in [9.17, 15) is 4.79 Å². The summed E-state index contributed by atoms with van der Waals surface area (Å²) in [4.78, 5) is 11.8. The van der Waals surface area contributed by atoms with Gasteiger partial charge in [0.25, 0.3) is 0 Å². The Morgan fingerprint density at radius 3 is 2.58 bits per heavy atom. The van der Waals surface area contributed by atoms with Gasteiger partial charge in [-0.25, -0.2) is 0 Å². The van der Waals surface area contributed by atoms with Gasteiger partial charge in [-0.2, -0.15) is 0 Å². The first-order valence-electron chi connectivity index (χ1n) is 6.16. The van der Waals surface area contributed by atoms with E-state index >= 15 is 0 Å². The summed E-state index contributed by atoms with van der Waals surface area (Å²) in [7, 11) is 0. The molecule has 0 atom stereocenters. The zero-order valence-electron chi connectivity index (χ0n) is 10.5. The van der Waals surface area contributed by atoms with Crippen LogP contribution in [0.5, 0.6) is 0 Å². The summed E-state index contributed by atoms with van der Waals surface area (Å²) in [6, 6.07) is 17.3. The molecule has 0 fully saturated rings. The summed E-state index contributed by atoms with van der Waals surface area (Å²) >= 11 is 3.42. The van der Waals surface area contributed by atoms with E-state index in [2.05, 4.69) is 15.9 Å². The van der Waals surface area contributed by atoms with Crippen LogP contribution in [0.1, 0.15) is 22.3 Å². The van der Waals surface area contributed by atoms with Gasteiger partial charge in [-0.05, 0) is 17.7 Å². The number of Topliss-reactive ketones (excluding diaryl/α,β-unsaturated/α-hetero) is 1. The molecule has 2 nitrogen and oxygen atoms in total. The molecule has 0 aromatic heterocycles. The standard InChI is InChI=1S/C16H15BrO2/c17-15-8-4-5-13(11-15)12-19-10-9-16(18)14-6-2-1-3-7-14/h1-8,11H,9-10,12H2. The minimum Gasteiger partial charge on any atom is -0.376 e. The van der Waals surface area contributed by atoms with Crippen LogP contribution in [0.15, 0.2) is 59.1 Å². The molecule has 0 radical (unpaired) electrons. The lowest BCUT2D eigenvalue weighted by Crippen LogP contribution is -2.04. The van der Waals surface area contributed by atoms with Crippen LogP contribution in [0.25, 0.3) is 0 Å². The molecule has 0 aliphatic heterocycles. The highest BCUT2D eigenvalue weighted by Crippen LogP contribution is 2.12. The molecule has 0 bridgehead atoms. The number of benzene rings is 2. The Balaban J connectivity index is 1.74. The largest absolute Gasteiger partial charge is 0.376 e. The van der Waals surface area contributed by atoms with Crippen molar-refractivity contribution in [2.45, 2.75) is 13.0 Å². The van der Waals surface area contributed by atoms with Gasteiger partial charge in [0.1, 0.15) is 0 Å². The number of carbonyl (C=O) groups is 1. The number of hydrogen-bond donors (Lipinski definition) is 0. The number of rotatable bonds is 6. The van der Waals surface area contributed by atoms with Crippen molar-refractivity contribution < 1.29 is 9.53 Å². The van der Waals surface area contributed by atoms with Crippen molar-refractivity contribution in [3.63, 3.8) is 0 Å². The summed E-state index contributed by atoms with van der Waals surface area (Å²) in [5, 5.41) is 0. The molecular weight excluding hydrogens is 304 g/mol. The number of carbonyl (C=O) groups excluding carboxylic acids is 1. The smallest absolute Gasteiger partial charge is 0.165 e. The fourth-order valence-electron chi connectivity index (χ4n) is 1.75.